The van der Waals surface area contributed by atoms with Crippen LogP contribution in [0.2, 0.25) is 0 Å². The molecule has 1 fully saturated rings. The van der Waals surface area contributed by atoms with Gasteiger partial charge in [-0.25, -0.2) is 23.9 Å². The van der Waals surface area contributed by atoms with E-state index in [0.29, 0.717) is 12.4 Å². The topological polar surface area (TPSA) is 62.5 Å². The maximum Gasteiger partial charge on any atom is 0.183 e. The zero-order chi connectivity index (χ0) is 19.0. The first-order valence-corrected chi connectivity index (χ1v) is 9.24. The Morgan fingerprint density at radius 2 is 1.81 bits per heavy atom. The number of nitrogens with zero attached hydrogens (tertiary/aromatic N) is 7. The van der Waals surface area contributed by atoms with Gasteiger partial charge in [-0.2, -0.15) is 0 Å². The summed E-state index contributed by atoms with van der Waals surface area (Å²) in [5.74, 6) is 0.906. The first-order chi connectivity index (χ1) is 12.9. The molecule has 0 bridgehead atoms. The van der Waals surface area contributed by atoms with Crippen LogP contribution >= 0.6 is 0 Å². The van der Waals surface area contributed by atoms with Gasteiger partial charge in [0.05, 0.1) is 18.1 Å². The molecule has 0 unspecified atom stereocenters. The molecule has 3 aromatic rings. The monoisotopic (exact) mass is 369 g/mol. The minimum atomic E-state index is -0.376. The molecule has 142 valence electrons. The lowest BCUT2D eigenvalue weighted by atomic mass is 9.93. The summed E-state index contributed by atoms with van der Waals surface area (Å²) in [5.41, 5.74) is 1.86. The lowest BCUT2D eigenvalue weighted by Gasteiger charge is -2.23. The molecule has 0 radical (unpaired) electrons. The molecule has 0 spiro atoms. The van der Waals surface area contributed by atoms with Crippen molar-refractivity contribution in [1.82, 2.24) is 24.6 Å². The summed E-state index contributed by atoms with van der Waals surface area (Å²) in [6.45, 7) is 9.49. The van der Waals surface area contributed by atoms with Gasteiger partial charge in [0.25, 0.3) is 0 Å². The van der Waals surface area contributed by atoms with E-state index < -0.39 is 0 Å². The van der Waals surface area contributed by atoms with Crippen LogP contribution in [-0.4, -0.2) is 50.7 Å². The Bertz CT molecular complexity index is 947. The molecule has 1 saturated heterocycles. The van der Waals surface area contributed by atoms with E-state index >= 15 is 0 Å². The van der Waals surface area contributed by atoms with Crippen LogP contribution in [0.1, 0.15) is 32.9 Å². The second kappa shape index (κ2) is 6.75. The van der Waals surface area contributed by atoms with Gasteiger partial charge in [0.15, 0.2) is 17.3 Å². The number of hydrogen-bond acceptors (Lipinski definition) is 6. The summed E-state index contributed by atoms with van der Waals surface area (Å²) >= 11 is 0. The van der Waals surface area contributed by atoms with Crippen molar-refractivity contribution in [2.45, 2.75) is 32.6 Å². The van der Waals surface area contributed by atoms with E-state index in [0.717, 1.165) is 43.2 Å². The second-order valence-electron chi connectivity index (χ2n) is 7.89. The van der Waals surface area contributed by atoms with Crippen molar-refractivity contribution < 1.29 is 4.39 Å². The molecule has 0 aliphatic carbocycles. The molecule has 0 N–H and O–H groups in total. The van der Waals surface area contributed by atoms with Crippen molar-refractivity contribution in [2.75, 3.05) is 36.0 Å². The number of anilines is 2. The lowest BCUT2D eigenvalue weighted by Crippen LogP contribution is -2.32. The van der Waals surface area contributed by atoms with Crippen LogP contribution in [0.15, 0.2) is 30.9 Å². The normalized spacial score (nSPS) is 16.0. The predicted molar refractivity (Wildman–Crippen MR) is 103 cm³/mol. The van der Waals surface area contributed by atoms with E-state index in [-0.39, 0.29) is 11.2 Å². The average Bonchev–Trinajstić information content (AvgIpc) is 2.92. The van der Waals surface area contributed by atoms with Crippen LogP contribution in [0.25, 0.3) is 5.65 Å². The first-order valence-electron chi connectivity index (χ1n) is 9.24. The fourth-order valence-electron chi connectivity index (χ4n) is 3.30. The summed E-state index contributed by atoms with van der Waals surface area (Å²) in [5, 5.41) is 4.75. The molecule has 4 heterocycles. The van der Waals surface area contributed by atoms with Crippen LogP contribution in [0, 0.1) is 5.82 Å². The first kappa shape index (κ1) is 17.6. The highest BCUT2D eigenvalue weighted by Gasteiger charge is 2.21. The quantitative estimate of drug-likeness (QED) is 0.692. The summed E-state index contributed by atoms with van der Waals surface area (Å²) in [7, 11) is 0. The summed E-state index contributed by atoms with van der Waals surface area (Å²) in [6.07, 6.45) is 5.51. The highest BCUT2D eigenvalue weighted by Crippen LogP contribution is 2.23. The Kier molecular flexibility index (Phi) is 4.41. The molecule has 8 heteroatoms. The summed E-state index contributed by atoms with van der Waals surface area (Å²) in [6, 6.07) is 4.01. The third kappa shape index (κ3) is 3.56. The molecular weight excluding hydrogens is 345 g/mol. The van der Waals surface area contributed by atoms with E-state index in [9.17, 15) is 4.39 Å². The Hall–Kier alpha value is -2.77. The van der Waals surface area contributed by atoms with Crippen molar-refractivity contribution >= 4 is 17.3 Å². The van der Waals surface area contributed by atoms with Gasteiger partial charge >= 0.3 is 0 Å². The molecule has 0 amide bonds. The third-order valence-electron chi connectivity index (χ3n) is 4.84. The van der Waals surface area contributed by atoms with Crippen molar-refractivity contribution in [3.8, 4) is 0 Å². The third-order valence-corrected chi connectivity index (χ3v) is 4.84. The minimum absolute atomic E-state index is 0.0153. The maximum absolute atomic E-state index is 14.0. The van der Waals surface area contributed by atoms with E-state index in [2.05, 4.69) is 40.6 Å². The predicted octanol–water partition coefficient (Wildman–Crippen LogP) is 2.67. The number of rotatable bonds is 2. The zero-order valence-corrected chi connectivity index (χ0v) is 15.9. The summed E-state index contributed by atoms with van der Waals surface area (Å²) in [4.78, 5) is 16.7. The fourth-order valence-corrected chi connectivity index (χ4v) is 3.30. The number of imidazole rings is 1. The van der Waals surface area contributed by atoms with Crippen LogP contribution in [-0.2, 0) is 5.41 Å². The van der Waals surface area contributed by atoms with Gasteiger partial charge in [0.2, 0.25) is 0 Å². The smallest absolute Gasteiger partial charge is 0.183 e. The zero-order valence-electron chi connectivity index (χ0n) is 15.9. The molecule has 7 nitrogen and oxygen atoms in total. The van der Waals surface area contributed by atoms with Crippen LogP contribution in [0.5, 0.6) is 0 Å². The standard InChI is InChI=1S/C19H24FN7/c1-19(2,3)15-12-27-16(23-15)5-6-17(24-27)25-7-4-8-26(10-9-25)18-14(20)11-21-13-22-18/h5-6,11-13H,4,7-10H2,1-3H3. The second-order valence-corrected chi connectivity index (χ2v) is 7.89. The SMILES string of the molecule is CC(C)(C)c1cn2nc(N3CCCN(c4ncncc4F)CC3)ccc2n1. The minimum Gasteiger partial charge on any atom is -0.353 e. The highest BCUT2D eigenvalue weighted by molar-refractivity contribution is 5.48. The van der Waals surface area contributed by atoms with Crippen molar-refractivity contribution in [3.63, 3.8) is 0 Å². The van der Waals surface area contributed by atoms with E-state index in [1.807, 2.05) is 27.7 Å². The number of hydrogen-bond donors (Lipinski definition) is 0. The van der Waals surface area contributed by atoms with Gasteiger partial charge in [0, 0.05) is 31.6 Å². The molecule has 27 heavy (non-hydrogen) atoms. The van der Waals surface area contributed by atoms with E-state index in [4.69, 9.17) is 5.10 Å². The average molecular weight is 369 g/mol. The van der Waals surface area contributed by atoms with Crippen LogP contribution in [0.3, 0.4) is 0 Å². The molecule has 0 aromatic carbocycles. The molecule has 0 atom stereocenters. The van der Waals surface area contributed by atoms with E-state index in [1.54, 1.807) is 0 Å². The van der Waals surface area contributed by atoms with Crippen molar-refractivity contribution in [2.24, 2.45) is 0 Å². The molecule has 0 saturated carbocycles. The number of fused-ring (bicyclic) bond motifs is 1. The fraction of sp³-hybridized carbons (Fsp3) is 0.474. The Balaban J connectivity index is 1.54. The summed E-state index contributed by atoms with van der Waals surface area (Å²) < 4.78 is 15.8. The van der Waals surface area contributed by atoms with Crippen molar-refractivity contribution in [3.05, 3.63) is 42.4 Å². The number of halogens is 1. The molecule has 1 aliphatic heterocycles. The van der Waals surface area contributed by atoms with Crippen LogP contribution < -0.4 is 9.80 Å². The molecule has 4 rings (SSSR count). The molecule has 3 aromatic heterocycles. The maximum atomic E-state index is 14.0. The Labute approximate surface area is 157 Å². The van der Waals surface area contributed by atoms with Gasteiger partial charge in [-0.3, -0.25) is 0 Å². The Morgan fingerprint density at radius 1 is 1.04 bits per heavy atom. The highest BCUT2D eigenvalue weighted by atomic mass is 19.1. The van der Waals surface area contributed by atoms with Gasteiger partial charge in [-0.15, -0.1) is 5.10 Å². The van der Waals surface area contributed by atoms with Crippen molar-refractivity contribution in [1.29, 1.82) is 0 Å². The largest absolute Gasteiger partial charge is 0.353 e. The van der Waals surface area contributed by atoms with Gasteiger partial charge in [-0.05, 0) is 18.6 Å². The van der Waals surface area contributed by atoms with Crippen LogP contribution in [0.4, 0.5) is 16.0 Å². The molecule has 1 aliphatic rings. The van der Waals surface area contributed by atoms with Gasteiger partial charge < -0.3 is 9.80 Å². The van der Waals surface area contributed by atoms with E-state index in [1.165, 1.54) is 12.5 Å². The van der Waals surface area contributed by atoms with Gasteiger partial charge in [0.1, 0.15) is 12.1 Å². The number of aromatic nitrogens is 5. The lowest BCUT2D eigenvalue weighted by molar-refractivity contribution is 0.572. The Morgan fingerprint density at radius 3 is 2.59 bits per heavy atom. The van der Waals surface area contributed by atoms with Gasteiger partial charge in [-0.1, -0.05) is 20.8 Å². The molecular formula is C19H24FN7.